The Morgan fingerprint density at radius 1 is 1.53 bits per heavy atom. The van der Waals surface area contributed by atoms with Crippen LogP contribution in [0.3, 0.4) is 0 Å². The van der Waals surface area contributed by atoms with Crippen molar-refractivity contribution in [3.8, 4) is 0 Å². The highest BCUT2D eigenvalue weighted by atomic mass is 35.5. The maximum Gasteiger partial charge on any atom is 0.271 e. The molecule has 106 valence electrons. The maximum atomic E-state index is 12.0. The molecule has 9 heteroatoms. The molecule has 0 spiro atoms. The number of benzene rings is 1. The zero-order valence-corrected chi connectivity index (χ0v) is 11.6. The molecule has 0 aliphatic rings. The molecule has 1 aromatic carbocycles. The van der Waals surface area contributed by atoms with Crippen LogP contribution in [0.5, 0.6) is 0 Å². The van der Waals surface area contributed by atoms with Crippen LogP contribution in [0, 0.1) is 10.1 Å². The summed E-state index contributed by atoms with van der Waals surface area (Å²) in [4.78, 5) is 9.61. The van der Waals surface area contributed by atoms with Crippen LogP contribution in [-0.4, -0.2) is 31.1 Å². The Hall–Kier alpha value is -1.22. The number of hydrogen-bond donors (Lipinski definition) is 2. The lowest BCUT2D eigenvalue weighted by molar-refractivity contribution is -0.384. The Labute approximate surface area is 115 Å². The van der Waals surface area contributed by atoms with Gasteiger partial charge in [-0.2, -0.15) is 0 Å². The second kappa shape index (κ2) is 6.29. The van der Waals surface area contributed by atoms with E-state index < -0.39 is 21.0 Å². The summed E-state index contributed by atoms with van der Waals surface area (Å²) in [6.07, 6.45) is 0.403. The van der Waals surface area contributed by atoms with E-state index in [4.69, 9.17) is 16.7 Å². The summed E-state index contributed by atoms with van der Waals surface area (Å²) < 4.78 is 26.2. The largest absolute Gasteiger partial charge is 0.395 e. The lowest BCUT2D eigenvalue weighted by Gasteiger charge is -2.14. The minimum absolute atomic E-state index is 0.241. The van der Waals surface area contributed by atoms with Crippen molar-refractivity contribution in [1.29, 1.82) is 0 Å². The molecule has 0 bridgehead atoms. The first-order valence-electron chi connectivity index (χ1n) is 5.39. The van der Waals surface area contributed by atoms with Crippen LogP contribution < -0.4 is 4.72 Å². The van der Waals surface area contributed by atoms with Gasteiger partial charge in [-0.1, -0.05) is 18.5 Å². The van der Waals surface area contributed by atoms with Gasteiger partial charge in [0.25, 0.3) is 5.69 Å². The van der Waals surface area contributed by atoms with Crippen LogP contribution >= 0.6 is 11.6 Å². The molecular formula is C10H13ClN2O5S. The molecule has 1 rings (SSSR count). The van der Waals surface area contributed by atoms with Gasteiger partial charge in [0.05, 0.1) is 16.6 Å². The molecule has 1 unspecified atom stereocenters. The number of aliphatic hydroxyl groups is 1. The summed E-state index contributed by atoms with van der Waals surface area (Å²) in [5, 5.41) is 19.3. The fraction of sp³-hybridized carbons (Fsp3) is 0.400. The van der Waals surface area contributed by atoms with Crippen molar-refractivity contribution < 1.29 is 18.4 Å². The van der Waals surface area contributed by atoms with E-state index in [0.29, 0.717) is 6.42 Å². The van der Waals surface area contributed by atoms with Crippen molar-refractivity contribution in [3.63, 3.8) is 0 Å². The molecule has 1 atom stereocenters. The Bertz CT molecular complexity index is 571. The fourth-order valence-electron chi connectivity index (χ4n) is 1.35. The molecule has 2 N–H and O–H groups in total. The second-order valence-corrected chi connectivity index (χ2v) is 5.87. The van der Waals surface area contributed by atoms with Crippen molar-refractivity contribution in [2.24, 2.45) is 0 Å². The first-order chi connectivity index (χ1) is 8.81. The van der Waals surface area contributed by atoms with Crippen LogP contribution in [-0.2, 0) is 10.0 Å². The third-order valence-corrected chi connectivity index (χ3v) is 4.45. The van der Waals surface area contributed by atoms with Crippen molar-refractivity contribution >= 4 is 27.3 Å². The van der Waals surface area contributed by atoms with Crippen molar-refractivity contribution in [3.05, 3.63) is 33.3 Å². The predicted octanol–water partition coefficient (Wildman–Crippen LogP) is 1.30. The molecule has 0 aromatic heterocycles. The molecule has 19 heavy (non-hydrogen) atoms. The van der Waals surface area contributed by atoms with Crippen LogP contribution in [0.1, 0.15) is 13.3 Å². The summed E-state index contributed by atoms with van der Waals surface area (Å²) in [5.41, 5.74) is -0.293. The number of nitrogens with one attached hydrogen (secondary N) is 1. The van der Waals surface area contributed by atoms with Crippen molar-refractivity contribution in [2.45, 2.75) is 24.3 Å². The normalized spacial score (nSPS) is 13.2. The van der Waals surface area contributed by atoms with Gasteiger partial charge < -0.3 is 5.11 Å². The van der Waals surface area contributed by atoms with Crippen LogP contribution in [0.2, 0.25) is 5.02 Å². The number of aliphatic hydroxyl groups excluding tert-OH is 1. The Balaban J connectivity index is 3.12. The topological polar surface area (TPSA) is 110 Å². The number of non-ortho nitro benzene ring substituents is 1. The molecule has 0 aliphatic carbocycles. The average Bonchev–Trinajstić information content (AvgIpc) is 2.35. The fourth-order valence-corrected chi connectivity index (χ4v) is 3.20. The van der Waals surface area contributed by atoms with Gasteiger partial charge in [0.1, 0.15) is 4.90 Å². The van der Waals surface area contributed by atoms with E-state index in [2.05, 4.69) is 4.72 Å². The zero-order chi connectivity index (χ0) is 14.6. The first-order valence-corrected chi connectivity index (χ1v) is 7.25. The number of hydrogen-bond acceptors (Lipinski definition) is 5. The molecule has 0 amide bonds. The molecule has 0 heterocycles. The SMILES string of the molecule is CCC(CO)NS(=O)(=O)c1ccc([N+](=O)[O-])cc1Cl. The van der Waals surface area contributed by atoms with Crippen molar-refractivity contribution in [2.75, 3.05) is 6.61 Å². The van der Waals surface area contributed by atoms with Gasteiger partial charge in [-0.05, 0) is 12.5 Å². The Morgan fingerprint density at radius 3 is 2.58 bits per heavy atom. The predicted molar refractivity (Wildman–Crippen MR) is 69.6 cm³/mol. The molecule has 0 radical (unpaired) electrons. The average molecular weight is 309 g/mol. The summed E-state index contributed by atoms with van der Waals surface area (Å²) in [5.74, 6) is 0. The number of sulfonamides is 1. The second-order valence-electron chi connectivity index (χ2n) is 3.78. The molecule has 0 saturated heterocycles. The number of halogens is 1. The van der Waals surface area contributed by atoms with E-state index in [-0.39, 0.29) is 22.2 Å². The van der Waals surface area contributed by atoms with E-state index >= 15 is 0 Å². The molecule has 0 fully saturated rings. The number of nitro groups is 1. The molecule has 1 aromatic rings. The molecule has 0 aliphatic heterocycles. The van der Waals surface area contributed by atoms with E-state index in [1.165, 1.54) is 0 Å². The summed E-state index contributed by atoms with van der Waals surface area (Å²) in [7, 11) is -3.92. The Kier molecular flexibility index (Phi) is 5.24. The third kappa shape index (κ3) is 3.87. The van der Waals surface area contributed by atoms with Gasteiger partial charge in [-0.15, -0.1) is 0 Å². The van der Waals surface area contributed by atoms with E-state index in [1.54, 1.807) is 6.92 Å². The van der Waals surface area contributed by atoms with Crippen LogP contribution in [0.4, 0.5) is 5.69 Å². The summed E-state index contributed by atoms with van der Waals surface area (Å²) >= 11 is 5.74. The quantitative estimate of drug-likeness (QED) is 0.608. The van der Waals surface area contributed by atoms with Crippen molar-refractivity contribution in [1.82, 2.24) is 4.72 Å². The number of nitro benzene ring substituents is 1. The van der Waals surface area contributed by atoms with Crippen LogP contribution in [0.25, 0.3) is 0 Å². The van der Waals surface area contributed by atoms with E-state index in [1.807, 2.05) is 0 Å². The highest BCUT2D eigenvalue weighted by Gasteiger charge is 2.23. The van der Waals surface area contributed by atoms with Crippen LogP contribution in [0.15, 0.2) is 23.1 Å². The zero-order valence-electron chi connectivity index (χ0n) is 10.0. The molecular weight excluding hydrogens is 296 g/mol. The standard InChI is InChI=1S/C10H13ClN2O5S/c1-2-7(6-14)12-19(17,18)10-4-3-8(13(15)16)5-9(10)11/h3-5,7,12,14H,2,6H2,1H3. The molecule has 0 saturated carbocycles. The van der Waals surface area contributed by atoms with Gasteiger partial charge in [0.15, 0.2) is 0 Å². The first kappa shape index (κ1) is 15.8. The lowest BCUT2D eigenvalue weighted by Crippen LogP contribution is -2.37. The number of rotatable bonds is 6. The Morgan fingerprint density at radius 2 is 2.16 bits per heavy atom. The van der Waals surface area contributed by atoms with Gasteiger partial charge in [-0.25, -0.2) is 13.1 Å². The van der Waals surface area contributed by atoms with E-state index in [9.17, 15) is 18.5 Å². The third-order valence-electron chi connectivity index (χ3n) is 2.45. The smallest absolute Gasteiger partial charge is 0.271 e. The lowest BCUT2D eigenvalue weighted by atomic mass is 10.3. The molecule has 7 nitrogen and oxygen atoms in total. The minimum Gasteiger partial charge on any atom is -0.395 e. The highest BCUT2D eigenvalue weighted by molar-refractivity contribution is 7.89. The minimum atomic E-state index is -3.92. The van der Waals surface area contributed by atoms with Gasteiger partial charge in [-0.3, -0.25) is 10.1 Å². The highest BCUT2D eigenvalue weighted by Crippen LogP contribution is 2.26. The summed E-state index contributed by atoms with van der Waals surface area (Å²) in [6.45, 7) is 1.36. The van der Waals surface area contributed by atoms with E-state index in [0.717, 1.165) is 18.2 Å². The van der Waals surface area contributed by atoms with Gasteiger partial charge in [0, 0.05) is 18.2 Å². The van der Waals surface area contributed by atoms with Gasteiger partial charge >= 0.3 is 0 Å². The van der Waals surface area contributed by atoms with Gasteiger partial charge in [0.2, 0.25) is 10.0 Å². The maximum absolute atomic E-state index is 12.0. The monoisotopic (exact) mass is 308 g/mol. The summed E-state index contributed by atoms with van der Waals surface area (Å²) in [6, 6.07) is 2.46. The number of nitrogens with zero attached hydrogens (tertiary/aromatic N) is 1.